The summed E-state index contributed by atoms with van der Waals surface area (Å²) >= 11 is 10.7. The lowest BCUT2D eigenvalue weighted by molar-refractivity contribution is 0.430. The lowest BCUT2D eigenvalue weighted by atomic mass is 10.3. The molecule has 0 heterocycles. The molecular weight excluding hydrogens is 218 g/mol. The van der Waals surface area contributed by atoms with Crippen molar-refractivity contribution in [2.45, 2.75) is 0 Å². The number of benzene rings is 1. The number of hydrogen-bond donors (Lipinski definition) is 1. The lowest BCUT2D eigenvalue weighted by Gasteiger charge is -2.29. The summed E-state index contributed by atoms with van der Waals surface area (Å²) in [6, 6.07) is 7.32. The van der Waals surface area contributed by atoms with Gasteiger partial charge in [-0.05, 0) is 36.5 Å². The maximum atomic E-state index is 5.78. The first-order chi connectivity index (χ1) is 6.52. The molecule has 1 aromatic rings. The number of nitrogens with zero attached hydrogens (tertiary/aromatic N) is 2. The fourth-order valence-corrected chi connectivity index (χ4v) is 1.53. The Labute approximate surface area is 94.0 Å². The predicted molar refractivity (Wildman–Crippen MR) is 64.4 cm³/mol. The van der Waals surface area contributed by atoms with Gasteiger partial charge >= 0.3 is 0 Å². The van der Waals surface area contributed by atoms with E-state index in [2.05, 4.69) is 0 Å². The fourth-order valence-electron chi connectivity index (χ4n) is 1.14. The molecule has 3 nitrogen and oxygen atoms in total. The minimum atomic E-state index is 0.303. The maximum Gasteiger partial charge on any atom is 0.185 e. The van der Waals surface area contributed by atoms with Crippen LogP contribution in [0.4, 0.5) is 5.69 Å². The van der Waals surface area contributed by atoms with E-state index in [9.17, 15) is 0 Å². The van der Waals surface area contributed by atoms with Gasteiger partial charge in [0, 0.05) is 19.1 Å². The molecule has 0 aromatic heterocycles. The zero-order chi connectivity index (χ0) is 10.7. The number of halogens is 1. The molecule has 0 amide bonds. The lowest BCUT2D eigenvalue weighted by Crippen LogP contribution is -2.45. The van der Waals surface area contributed by atoms with Gasteiger partial charge in [-0.2, -0.15) is 0 Å². The standard InChI is InChI=1S/C9H12ClN3S/c1-12(2)13(9(11)14)8-5-3-7(10)4-6-8/h3-6H,1-2H3,(H2,11,14). The van der Waals surface area contributed by atoms with Crippen LogP contribution in [0.1, 0.15) is 0 Å². The van der Waals surface area contributed by atoms with E-state index in [1.54, 1.807) is 17.1 Å². The van der Waals surface area contributed by atoms with Gasteiger partial charge in [0.15, 0.2) is 5.11 Å². The number of anilines is 1. The van der Waals surface area contributed by atoms with E-state index in [1.807, 2.05) is 31.2 Å². The van der Waals surface area contributed by atoms with E-state index in [0.717, 1.165) is 5.69 Å². The molecule has 0 saturated carbocycles. The fraction of sp³-hybridized carbons (Fsp3) is 0.222. The molecule has 5 heteroatoms. The van der Waals surface area contributed by atoms with Crippen LogP contribution in [0.25, 0.3) is 0 Å². The monoisotopic (exact) mass is 229 g/mol. The van der Waals surface area contributed by atoms with E-state index in [-0.39, 0.29) is 0 Å². The van der Waals surface area contributed by atoms with Gasteiger partial charge in [0.05, 0.1) is 5.69 Å². The summed E-state index contributed by atoms with van der Waals surface area (Å²) < 4.78 is 0. The van der Waals surface area contributed by atoms with E-state index in [0.29, 0.717) is 10.1 Å². The average Bonchev–Trinajstić information content (AvgIpc) is 2.07. The first kappa shape index (κ1) is 11.2. The summed E-state index contributed by atoms with van der Waals surface area (Å²) in [7, 11) is 3.74. The third kappa shape index (κ3) is 2.57. The Bertz CT molecular complexity index is 323. The van der Waals surface area contributed by atoms with Crippen molar-refractivity contribution in [3.63, 3.8) is 0 Å². The topological polar surface area (TPSA) is 32.5 Å². The Balaban J connectivity index is 3.00. The quantitative estimate of drug-likeness (QED) is 0.620. The van der Waals surface area contributed by atoms with Gasteiger partial charge in [0.1, 0.15) is 0 Å². The normalized spacial score (nSPS) is 10.3. The van der Waals surface area contributed by atoms with Gasteiger partial charge in [0.25, 0.3) is 0 Å². The van der Waals surface area contributed by atoms with Crippen molar-refractivity contribution in [3.05, 3.63) is 29.3 Å². The highest BCUT2D eigenvalue weighted by Crippen LogP contribution is 2.18. The number of hydrogen-bond acceptors (Lipinski definition) is 2. The molecule has 0 aliphatic rings. The largest absolute Gasteiger partial charge is 0.375 e. The van der Waals surface area contributed by atoms with Crippen molar-refractivity contribution in [2.75, 3.05) is 19.1 Å². The predicted octanol–water partition coefficient (Wildman–Crippen LogP) is 1.87. The second-order valence-electron chi connectivity index (χ2n) is 2.97. The second-order valence-corrected chi connectivity index (χ2v) is 3.83. The summed E-state index contributed by atoms with van der Waals surface area (Å²) in [5, 5.41) is 4.52. The number of hydrazine groups is 1. The summed E-state index contributed by atoms with van der Waals surface area (Å²) in [4.78, 5) is 0. The van der Waals surface area contributed by atoms with Crippen LogP contribution in [0, 0.1) is 0 Å². The Morgan fingerprint density at radius 3 is 2.14 bits per heavy atom. The molecule has 2 N–H and O–H groups in total. The molecule has 14 heavy (non-hydrogen) atoms. The van der Waals surface area contributed by atoms with Gasteiger partial charge in [-0.1, -0.05) is 11.6 Å². The third-order valence-corrected chi connectivity index (χ3v) is 2.10. The SMILES string of the molecule is CN(C)N(C(N)=S)c1ccc(Cl)cc1. The van der Waals surface area contributed by atoms with E-state index in [4.69, 9.17) is 29.6 Å². The smallest absolute Gasteiger partial charge is 0.185 e. The molecule has 1 aromatic carbocycles. The van der Waals surface area contributed by atoms with Crippen molar-refractivity contribution in [2.24, 2.45) is 5.73 Å². The van der Waals surface area contributed by atoms with Crippen molar-refractivity contribution in [1.29, 1.82) is 0 Å². The number of rotatable bonds is 2. The summed E-state index contributed by atoms with van der Waals surface area (Å²) in [5.74, 6) is 0. The second kappa shape index (κ2) is 4.59. The van der Waals surface area contributed by atoms with Crippen LogP contribution in [0.2, 0.25) is 5.02 Å². The summed E-state index contributed by atoms with van der Waals surface area (Å²) in [6.45, 7) is 0. The van der Waals surface area contributed by atoms with Crippen molar-refractivity contribution in [3.8, 4) is 0 Å². The molecule has 0 aliphatic carbocycles. The number of nitrogens with two attached hydrogens (primary N) is 1. The van der Waals surface area contributed by atoms with E-state index >= 15 is 0 Å². The minimum absolute atomic E-state index is 0.303. The van der Waals surface area contributed by atoms with E-state index in [1.165, 1.54) is 0 Å². The van der Waals surface area contributed by atoms with Crippen molar-refractivity contribution in [1.82, 2.24) is 5.01 Å². The van der Waals surface area contributed by atoms with Gasteiger partial charge in [0.2, 0.25) is 0 Å². The molecule has 0 spiro atoms. The van der Waals surface area contributed by atoms with Crippen molar-refractivity contribution >= 4 is 34.6 Å². The molecule has 0 atom stereocenters. The Kier molecular flexibility index (Phi) is 3.69. The van der Waals surface area contributed by atoms with Gasteiger partial charge < -0.3 is 5.73 Å². The first-order valence-corrected chi connectivity index (χ1v) is 4.83. The molecule has 1 rings (SSSR count). The first-order valence-electron chi connectivity index (χ1n) is 4.04. The molecule has 0 radical (unpaired) electrons. The summed E-state index contributed by atoms with van der Waals surface area (Å²) in [5.41, 5.74) is 6.49. The highest BCUT2D eigenvalue weighted by Gasteiger charge is 2.10. The van der Waals surface area contributed by atoms with Gasteiger partial charge in [-0.15, -0.1) is 0 Å². The van der Waals surface area contributed by atoms with Crippen LogP contribution < -0.4 is 10.7 Å². The highest BCUT2D eigenvalue weighted by molar-refractivity contribution is 7.80. The number of thiocarbonyl (C=S) groups is 1. The average molecular weight is 230 g/mol. The third-order valence-electron chi connectivity index (χ3n) is 1.68. The molecule has 76 valence electrons. The zero-order valence-corrected chi connectivity index (χ0v) is 9.64. The van der Waals surface area contributed by atoms with Crippen LogP contribution in [0.15, 0.2) is 24.3 Å². The Hall–Kier alpha value is -0.840. The van der Waals surface area contributed by atoms with Crippen LogP contribution in [-0.4, -0.2) is 24.2 Å². The van der Waals surface area contributed by atoms with Crippen LogP contribution in [0.3, 0.4) is 0 Å². The van der Waals surface area contributed by atoms with Crippen LogP contribution >= 0.6 is 23.8 Å². The molecule has 0 bridgehead atoms. The Morgan fingerprint density at radius 1 is 1.29 bits per heavy atom. The minimum Gasteiger partial charge on any atom is -0.375 e. The Morgan fingerprint density at radius 2 is 1.79 bits per heavy atom. The van der Waals surface area contributed by atoms with Crippen LogP contribution in [0.5, 0.6) is 0 Å². The molecule has 0 aliphatic heterocycles. The highest BCUT2D eigenvalue weighted by atomic mass is 35.5. The molecule has 0 saturated heterocycles. The van der Waals surface area contributed by atoms with Gasteiger partial charge in [-0.3, -0.25) is 5.01 Å². The molecule has 0 unspecified atom stereocenters. The summed E-state index contributed by atoms with van der Waals surface area (Å²) in [6.07, 6.45) is 0. The molecular formula is C9H12ClN3S. The zero-order valence-electron chi connectivity index (χ0n) is 8.07. The van der Waals surface area contributed by atoms with Gasteiger partial charge in [-0.25, -0.2) is 5.01 Å². The van der Waals surface area contributed by atoms with E-state index < -0.39 is 0 Å². The van der Waals surface area contributed by atoms with Crippen LogP contribution in [-0.2, 0) is 0 Å². The van der Waals surface area contributed by atoms with Crippen molar-refractivity contribution < 1.29 is 0 Å². The molecule has 0 fully saturated rings. The maximum absolute atomic E-state index is 5.78.